The van der Waals surface area contributed by atoms with Crippen molar-refractivity contribution in [2.75, 3.05) is 0 Å². The molecule has 2 N–H and O–H groups in total. The van der Waals surface area contributed by atoms with E-state index in [0.717, 1.165) is 0 Å². The number of hydrogen-bond donors (Lipinski definition) is 2. The maximum atomic E-state index is 8.61. The zero-order chi connectivity index (χ0) is 7.98. The van der Waals surface area contributed by atoms with E-state index in [2.05, 4.69) is 23.7 Å². The third-order valence-corrected chi connectivity index (χ3v) is 0.625. The highest BCUT2D eigenvalue weighted by Gasteiger charge is 1.81. The highest BCUT2D eigenvalue weighted by Crippen LogP contribution is 1.73. The Bertz CT molecular complexity index is 171. The second-order valence-electron chi connectivity index (χ2n) is 1.89. The van der Waals surface area contributed by atoms with Crippen molar-refractivity contribution >= 4 is 0 Å². The molecule has 2 nitrogen and oxygen atoms in total. The fraction of sp³-hybridized carbons (Fsp3) is 0.500. The summed E-state index contributed by atoms with van der Waals surface area (Å²) in [6, 6.07) is 0. The summed E-state index contributed by atoms with van der Waals surface area (Å²) in [5, 5.41) is 17.2. The van der Waals surface area contributed by atoms with Gasteiger partial charge in [-0.15, -0.1) is 0 Å². The number of aliphatic hydroxyl groups excluding tert-OH is 2. The van der Waals surface area contributed by atoms with Crippen LogP contribution in [0.5, 0.6) is 0 Å². The molecule has 0 saturated heterocycles. The molecule has 0 amide bonds. The van der Waals surface area contributed by atoms with Crippen molar-refractivity contribution in [1.82, 2.24) is 0 Å². The molecule has 0 saturated carbocycles. The van der Waals surface area contributed by atoms with Crippen molar-refractivity contribution in [3.8, 4) is 23.7 Å². The molecule has 0 fully saturated rings. The summed E-state index contributed by atoms with van der Waals surface area (Å²) in [5.41, 5.74) is 0. The van der Waals surface area contributed by atoms with E-state index < -0.39 is 12.2 Å². The van der Waals surface area contributed by atoms with Crippen LogP contribution in [0.1, 0.15) is 13.8 Å². The number of hydrogen-bond acceptors (Lipinski definition) is 2. The normalized spacial score (nSPS) is 13.6. The lowest BCUT2D eigenvalue weighted by molar-refractivity contribution is 0.252. The molecule has 2 atom stereocenters. The second kappa shape index (κ2) is 4.88. The molecule has 0 spiro atoms. The van der Waals surface area contributed by atoms with Crippen LogP contribution in [0.3, 0.4) is 0 Å². The lowest BCUT2D eigenvalue weighted by atomic mass is 10.4. The molecule has 0 radical (unpaired) electrons. The Morgan fingerprint density at radius 3 is 1.40 bits per heavy atom. The van der Waals surface area contributed by atoms with Gasteiger partial charge in [0.2, 0.25) is 0 Å². The standard InChI is InChI=1S/C8H10O2/c1-7(9)5-3-4-6-8(2)10/h7-10H,1-2H3/t7-,8-/m0/s1. The van der Waals surface area contributed by atoms with Crippen LogP contribution >= 0.6 is 0 Å². The van der Waals surface area contributed by atoms with Crippen LogP contribution in [0.2, 0.25) is 0 Å². The summed E-state index contributed by atoms with van der Waals surface area (Å²) < 4.78 is 0. The van der Waals surface area contributed by atoms with Gasteiger partial charge in [-0.3, -0.25) is 0 Å². The molecular weight excluding hydrogens is 128 g/mol. The molecule has 0 aromatic heterocycles. The van der Waals surface area contributed by atoms with E-state index in [4.69, 9.17) is 10.2 Å². The summed E-state index contributed by atoms with van der Waals surface area (Å²) in [5.74, 6) is 9.63. The third-order valence-electron chi connectivity index (χ3n) is 0.625. The SMILES string of the molecule is C[C@H](O)C#CC#C[C@H](C)O. The van der Waals surface area contributed by atoms with Crippen LogP contribution < -0.4 is 0 Å². The first-order valence-electron chi connectivity index (χ1n) is 3.00. The summed E-state index contributed by atoms with van der Waals surface area (Å²) in [6.07, 6.45) is -1.30. The fourth-order valence-corrected chi connectivity index (χ4v) is 0.281. The predicted molar refractivity (Wildman–Crippen MR) is 38.9 cm³/mol. The van der Waals surface area contributed by atoms with Crippen molar-refractivity contribution in [2.24, 2.45) is 0 Å². The molecule has 0 aliphatic carbocycles. The minimum Gasteiger partial charge on any atom is -0.381 e. The molecule has 0 aliphatic heterocycles. The van der Waals surface area contributed by atoms with Gasteiger partial charge in [-0.1, -0.05) is 11.8 Å². The van der Waals surface area contributed by atoms with E-state index in [-0.39, 0.29) is 0 Å². The van der Waals surface area contributed by atoms with Gasteiger partial charge in [0.1, 0.15) is 12.2 Å². The minimum absolute atomic E-state index is 0.650. The Balaban J connectivity index is 3.78. The van der Waals surface area contributed by atoms with Gasteiger partial charge in [-0.05, 0) is 25.7 Å². The summed E-state index contributed by atoms with van der Waals surface area (Å²) in [7, 11) is 0. The van der Waals surface area contributed by atoms with Crippen LogP contribution in [0, 0.1) is 23.7 Å². The zero-order valence-corrected chi connectivity index (χ0v) is 6.05. The quantitative estimate of drug-likeness (QED) is 0.453. The van der Waals surface area contributed by atoms with Crippen molar-refractivity contribution in [3.05, 3.63) is 0 Å². The van der Waals surface area contributed by atoms with Crippen molar-refractivity contribution < 1.29 is 10.2 Å². The average molecular weight is 138 g/mol. The lowest BCUT2D eigenvalue weighted by Crippen LogP contribution is -1.93. The monoisotopic (exact) mass is 138 g/mol. The maximum Gasteiger partial charge on any atom is 0.112 e. The van der Waals surface area contributed by atoms with Crippen LogP contribution in [-0.2, 0) is 0 Å². The van der Waals surface area contributed by atoms with Gasteiger partial charge in [0.05, 0.1) is 0 Å². The summed E-state index contributed by atoms with van der Waals surface area (Å²) in [6.45, 7) is 3.11. The highest BCUT2D eigenvalue weighted by atomic mass is 16.3. The van der Waals surface area contributed by atoms with Crippen LogP contribution in [0.25, 0.3) is 0 Å². The van der Waals surface area contributed by atoms with Crippen LogP contribution in [-0.4, -0.2) is 22.4 Å². The molecule has 0 aromatic rings. The van der Waals surface area contributed by atoms with Gasteiger partial charge in [0, 0.05) is 0 Å². The van der Waals surface area contributed by atoms with E-state index in [1.807, 2.05) is 0 Å². The Hall–Kier alpha value is -0.960. The summed E-state index contributed by atoms with van der Waals surface area (Å²) in [4.78, 5) is 0. The summed E-state index contributed by atoms with van der Waals surface area (Å²) >= 11 is 0. The topological polar surface area (TPSA) is 40.5 Å². The van der Waals surface area contributed by atoms with Crippen molar-refractivity contribution in [3.63, 3.8) is 0 Å². The number of aliphatic hydroxyl groups is 2. The third kappa shape index (κ3) is 7.04. The Morgan fingerprint density at radius 2 is 1.20 bits per heavy atom. The minimum atomic E-state index is -0.650. The second-order valence-corrected chi connectivity index (χ2v) is 1.89. The first-order valence-corrected chi connectivity index (χ1v) is 3.00. The Morgan fingerprint density at radius 1 is 0.900 bits per heavy atom. The van der Waals surface area contributed by atoms with Crippen molar-refractivity contribution in [1.29, 1.82) is 0 Å². The molecule has 54 valence electrons. The van der Waals surface area contributed by atoms with Gasteiger partial charge < -0.3 is 10.2 Å². The Labute approximate surface area is 60.9 Å². The molecule has 0 aromatic carbocycles. The van der Waals surface area contributed by atoms with E-state index >= 15 is 0 Å². The van der Waals surface area contributed by atoms with Gasteiger partial charge in [-0.25, -0.2) is 0 Å². The lowest BCUT2D eigenvalue weighted by Gasteiger charge is -1.84. The van der Waals surface area contributed by atoms with E-state index in [1.165, 1.54) is 0 Å². The van der Waals surface area contributed by atoms with Gasteiger partial charge in [0.25, 0.3) is 0 Å². The molecule has 0 rings (SSSR count). The Kier molecular flexibility index (Phi) is 4.41. The van der Waals surface area contributed by atoms with E-state index in [9.17, 15) is 0 Å². The molecule has 0 aliphatic rings. The van der Waals surface area contributed by atoms with Crippen LogP contribution in [0.15, 0.2) is 0 Å². The molecule has 10 heavy (non-hydrogen) atoms. The first kappa shape index (κ1) is 9.04. The molecule has 0 heterocycles. The van der Waals surface area contributed by atoms with E-state index in [1.54, 1.807) is 13.8 Å². The van der Waals surface area contributed by atoms with Gasteiger partial charge in [0.15, 0.2) is 0 Å². The first-order chi connectivity index (χ1) is 4.63. The van der Waals surface area contributed by atoms with Crippen LogP contribution in [0.4, 0.5) is 0 Å². The maximum absolute atomic E-state index is 8.61. The van der Waals surface area contributed by atoms with Crippen molar-refractivity contribution in [2.45, 2.75) is 26.1 Å². The zero-order valence-electron chi connectivity index (χ0n) is 6.05. The smallest absolute Gasteiger partial charge is 0.112 e. The largest absolute Gasteiger partial charge is 0.381 e. The number of rotatable bonds is 0. The van der Waals surface area contributed by atoms with E-state index in [0.29, 0.717) is 0 Å². The highest BCUT2D eigenvalue weighted by molar-refractivity contribution is 5.27. The molecule has 2 heteroatoms. The predicted octanol–water partition coefficient (Wildman–Crippen LogP) is -0.245. The average Bonchev–Trinajstić information content (AvgIpc) is 1.79. The molecular formula is C8H10O2. The molecule has 0 unspecified atom stereocenters. The van der Waals surface area contributed by atoms with Gasteiger partial charge in [-0.2, -0.15) is 0 Å². The van der Waals surface area contributed by atoms with Gasteiger partial charge >= 0.3 is 0 Å². The molecule has 0 bridgehead atoms. The fourth-order valence-electron chi connectivity index (χ4n) is 0.281.